The Morgan fingerprint density at radius 1 is 1.54 bits per heavy atom. The molecule has 1 atom stereocenters. The van der Waals surface area contributed by atoms with Crippen molar-refractivity contribution >= 4 is 17.9 Å². The van der Waals surface area contributed by atoms with Gasteiger partial charge in [-0.1, -0.05) is 32.4 Å². The Labute approximate surface area is 85.3 Å². The molecular weight excluding hydrogens is 186 g/mol. The number of halogens is 1. The summed E-state index contributed by atoms with van der Waals surface area (Å²) in [6, 6.07) is 0. The van der Waals surface area contributed by atoms with Crippen LogP contribution in [0.15, 0.2) is 5.10 Å². The minimum absolute atomic E-state index is 0.0812. The number of nitrogens with zero attached hydrogens (tertiary/aromatic N) is 3. The van der Waals surface area contributed by atoms with Crippen LogP contribution in [0.5, 0.6) is 0 Å². The van der Waals surface area contributed by atoms with Crippen molar-refractivity contribution in [2.45, 2.75) is 32.8 Å². The minimum atomic E-state index is -0.0812. The molecule has 0 aromatic carbocycles. The molecule has 1 aliphatic rings. The first-order chi connectivity index (χ1) is 6.15. The second kappa shape index (κ2) is 4.70. The van der Waals surface area contributed by atoms with E-state index in [2.05, 4.69) is 30.8 Å². The van der Waals surface area contributed by atoms with Gasteiger partial charge in [0, 0.05) is 13.1 Å². The first-order valence-electron chi connectivity index (χ1n) is 4.85. The van der Waals surface area contributed by atoms with E-state index in [1.807, 2.05) is 11.3 Å². The zero-order valence-electron chi connectivity index (χ0n) is 8.57. The maximum Gasteiger partial charge on any atom is 0.195 e. The third-order valence-electron chi connectivity index (χ3n) is 1.90. The van der Waals surface area contributed by atoms with Crippen LogP contribution in [0.2, 0.25) is 0 Å². The van der Waals surface area contributed by atoms with E-state index >= 15 is 0 Å². The fraction of sp³-hybridized carbons (Fsp3) is 0.889. The van der Waals surface area contributed by atoms with Gasteiger partial charge in [0.25, 0.3) is 0 Å². The molecule has 1 heterocycles. The summed E-state index contributed by atoms with van der Waals surface area (Å²) in [6.07, 6.45) is 2.92. The average Bonchev–Trinajstić information content (AvgIpc) is 2.36. The Kier molecular flexibility index (Phi) is 3.85. The molecule has 0 aromatic heterocycles. The molecule has 4 heteroatoms. The van der Waals surface area contributed by atoms with E-state index in [-0.39, 0.29) is 5.62 Å². The van der Waals surface area contributed by atoms with Gasteiger partial charge in [-0.2, -0.15) is 5.10 Å². The lowest BCUT2D eigenvalue weighted by molar-refractivity contribution is 0.189. The van der Waals surface area contributed by atoms with Crippen LogP contribution in [-0.2, 0) is 0 Å². The van der Waals surface area contributed by atoms with Crippen LogP contribution in [-0.4, -0.2) is 35.0 Å². The Balaban J connectivity index is 2.41. The molecule has 13 heavy (non-hydrogen) atoms. The summed E-state index contributed by atoms with van der Waals surface area (Å²) in [4.78, 5) is 2.07. The smallest absolute Gasteiger partial charge is 0.195 e. The van der Waals surface area contributed by atoms with Crippen molar-refractivity contribution in [2.75, 3.05) is 13.1 Å². The number of hydrazone groups is 1. The van der Waals surface area contributed by atoms with E-state index < -0.39 is 0 Å². The van der Waals surface area contributed by atoms with Crippen molar-refractivity contribution in [2.24, 2.45) is 11.0 Å². The summed E-state index contributed by atoms with van der Waals surface area (Å²) in [5.41, 5.74) is -0.0812. The summed E-state index contributed by atoms with van der Waals surface area (Å²) in [5, 5.41) is 6.16. The topological polar surface area (TPSA) is 18.8 Å². The molecule has 3 nitrogen and oxygen atoms in total. The van der Waals surface area contributed by atoms with E-state index in [0.29, 0.717) is 5.92 Å². The van der Waals surface area contributed by atoms with Crippen molar-refractivity contribution < 1.29 is 0 Å². The number of hydrogen-bond acceptors (Lipinski definition) is 3. The summed E-state index contributed by atoms with van der Waals surface area (Å²) in [7, 11) is 0. The molecule has 0 N–H and O–H groups in total. The monoisotopic (exact) mass is 203 g/mol. The first-order valence-corrected chi connectivity index (χ1v) is 5.29. The maximum absolute atomic E-state index is 6.19. The molecule has 0 saturated heterocycles. The molecule has 1 aliphatic heterocycles. The predicted molar refractivity (Wildman–Crippen MR) is 56.7 cm³/mol. The highest BCUT2D eigenvalue weighted by Crippen LogP contribution is 2.17. The summed E-state index contributed by atoms with van der Waals surface area (Å²) >= 11 is 6.19. The van der Waals surface area contributed by atoms with Crippen LogP contribution in [0.3, 0.4) is 0 Å². The zero-order valence-corrected chi connectivity index (χ0v) is 9.33. The van der Waals surface area contributed by atoms with Crippen LogP contribution in [0.25, 0.3) is 0 Å². The SMILES string of the molecule is CCCN1N=CN(CC(C)C)C1Cl. The third-order valence-corrected chi connectivity index (χ3v) is 2.37. The van der Waals surface area contributed by atoms with E-state index in [9.17, 15) is 0 Å². The van der Waals surface area contributed by atoms with Gasteiger partial charge in [0.15, 0.2) is 5.62 Å². The molecule has 0 saturated carbocycles. The average molecular weight is 204 g/mol. The molecule has 0 radical (unpaired) electrons. The van der Waals surface area contributed by atoms with Crippen LogP contribution < -0.4 is 0 Å². The van der Waals surface area contributed by atoms with Crippen LogP contribution in [0, 0.1) is 5.92 Å². The number of alkyl halides is 1. The molecule has 76 valence electrons. The molecule has 1 unspecified atom stereocenters. The minimum Gasteiger partial charge on any atom is -0.327 e. The summed E-state index contributed by atoms with van der Waals surface area (Å²) < 4.78 is 0. The van der Waals surface area contributed by atoms with Crippen LogP contribution in [0.1, 0.15) is 27.2 Å². The van der Waals surface area contributed by atoms with Gasteiger partial charge >= 0.3 is 0 Å². The Morgan fingerprint density at radius 3 is 2.77 bits per heavy atom. The van der Waals surface area contributed by atoms with E-state index in [1.54, 1.807) is 0 Å². The standard InChI is InChI=1S/C9H18ClN3/c1-4-5-13-9(10)12(7-11-13)6-8(2)3/h7-9H,4-6H2,1-3H3. The lowest BCUT2D eigenvalue weighted by Crippen LogP contribution is -2.37. The van der Waals surface area contributed by atoms with Gasteiger partial charge in [-0.15, -0.1) is 0 Å². The molecule has 1 rings (SSSR count). The molecule has 0 amide bonds. The summed E-state index contributed by atoms with van der Waals surface area (Å²) in [6.45, 7) is 8.39. The predicted octanol–water partition coefficient (Wildman–Crippen LogP) is 2.14. The highest BCUT2D eigenvalue weighted by atomic mass is 35.5. The second-order valence-corrected chi connectivity index (χ2v) is 4.19. The molecule has 0 bridgehead atoms. The van der Waals surface area contributed by atoms with E-state index in [1.165, 1.54) is 0 Å². The van der Waals surface area contributed by atoms with Gasteiger partial charge in [-0.25, -0.2) is 0 Å². The van der Waals surface area contributed by atoms with Gasteiger partial charge in [-0.3, -0.25) is 5.01 Å². The lowest BCUT2D eigenvalue weighted by atomic mass is 10.2. The zero-order chi connectivity index (χ0) is 9.84. The van der Waals surface area contributed by atoms with Crippen LogP contribution >= 0.6 is 11.6 Å². The van der Waals surface area contributed by atoms with Crippen LogP contribution in [0.4, 0.5) is 0 Å². The quantitative estimate of drug-likeness (QED) is 0.515. The van der Waals surface area contributed by atoms with Gasteiger partial charge in [0.1, 0.15) is 6.34 Å². The highest BCUT2D eigenvalue weighted by Gasteiger charge is 2.24. The Bertz CT molecular complexity index is 182. The van der Waals surface area contributed by atoms with Crippen molar-refractivity contribution in [3.63, 3.8) is 0 Å². The lowest BCUT2D eigenvalue weighted by Gasteiger charge is -2.26. The molecule has 0 aliphatic carbocycles. The van der Waals surface area contributed by atoms with Gasteiger partial charge in [0.05, 0.1) is 0 Å². The van der Waals surface area contributed by atoms with Crippen molar-refractivity contribution in [1.29, 1.82) is 0 Å². The van der Waals surface area contributed by atoms with Crippen molar-refractivity contribution in [3.8, 4) is 0 Å². The van der Waals surface area contributed by atoms with E-state index in [4.69, 9.17) is 11.6 Å². The van der Waals surface area contributed by atoms with Gasteiger partial charge < -0.3 is 4.90 Å². The third kappa shape index (κ3) is 2.76. The van der Waals surface area contributed by atoms with Gasteiger partial charge in [0.2, 0.25) is 0 Å². The maximum atomic E-state index is 6.19. The number of rotatable bonds is 4. The fourth-order valence-electron chi connectivity index (χ4n) is 1.36. The van der Waals surface area contributed by atoms with Crippen molar-refractivity contribution in [1.82, 2.24) is 9.91 Å². The Hall–Kier alpha value is -0.440. The van der Waals surface area contributed by atoms with E-state index in [0.717, 1.165) is 19.5 Å². The first kappa shape index (κ1) is 10.6. The molecular formula is C9H18ClN3. The van der Waals surface area contributed by atoms with Gasteiger partial charge in [-0.05, 0) is 12.3 Å². The second-order valence-electron chi connectivity index (χ2n) is 3.80. The Morgan fingerprint density at radius 2 is 2.23 bits per heavy atom. The highest BCUT2D eigenvalue weighted by molar-refractivity contribution is 6.20. The number of hydrogen-bond donors (Lipinski definition) is 0. The van der Waals surface area contributed by atoms with Crippen molar-refractivity contribution in [3.05, 3.63) is 0 Å². The molecule has 0 aromatic rings. The largest absolute Gasteiger partial charge is 0.327 e. The summed E-state index contributed by atoms with van der Waals surface area (Å²) in [5.74, 6) is 0.620. The normalized spacial score (nSPS) is 22.1. The molecule has 0 fully saturated rings. The molecule has 0 spiro atoms. The fourth-order valence-corrected chi connectivity index (χ4v) is 1.64.